The van der Waals surface area contributed by atoms with Crippen molar-refractivity contribution < 1.29 is 18.0 Å². The molecule has 1 aromatic carbocycles. The highest BCUT2D eigenvalue weighted by molar-refractivity contribution is 5.89. The van der Waals surface area contributed by atoms with Crippen molar-refractivity contribution in [2.75, 3.05) is 32.0 Å². The van der Waals surface area contributed by atoms with E-state index >= 15 is 0 Å². The molecule has 1 rings (SSSR count). The summed E-state index contributed by atoms with van der Waals surface area (Å²) in [5.74, 6) is 0. The molecule has 2 amide bonds. The average Bonchev–Trinajstić information content (AvgIpc) is 2.32. The molecule has 0 unspecified atom stereocenters. The molecular weight excluding hydrogens is 283 g/mol. The molecule has 0 atom stereocenters. The van der Waals surface area contributed by atoms with Crippen LogP contribution in [0.1, 0.15) is 12.0 Å². The first-order valence-electron chi connectivity index (χ1n) is 6.63. The molecule has 0 radical (unpaired) electrons. The fourth-order valence-electron chi connectivity index (χ4n) is 1.83. The highest BCUT2D eigenvalue weighted by Gasteiger charge is 2.28. The van der Waals surface area contributed by atoms with E-state index in [1.54, 1.807) is 6.07 Å². The van der Waals surface area contributed by atoms with Crippen LogP contribution in [-0.2, 0) is 0 Å². The zero-order chi connectivity index (χ0) is 15.9. The molecule has 0 saturated heterocycles. The predicted octanol–water partition coefficient (Wildman–Crippen LogP) is 3.00. The summed E-state index contributed by atoms with van der Waals surface area (Å²) < 4.78 is 36.3. The van der Waals surface area contributed by atoms with Crippen molar-refractivity contribution in [1.82, 2.24) is 10.2 Å². The van der Waals surface area contributed by atoms with E-state index in [9.17, 15) is 18.0 Å². The number of nitrogens with one attached hydrogen (secondary N) is 2. The third kappa shape index (κ3) is 8.19. The predicted molar refractivity (Wildman–Crippen MR) is 76.4 cm³/mol. The summed E-state index contributed by atoms with van der Waals surface area (Å²) in [6.07, 6.45) is -3.74. The van der Waals surface area contributed by atoms with Crippen molar-refractivity contribution in [2.45, 2.75) is 19.5 Å². The van der Waals surface area contributed by atoms with E-state index in [0.717, 1.165) is 5.56 Å². The number of benzene rings is 1. The first-order chi connectivity index (χ1) is 9.76. The number of rotatable bonds is 6. The minimum atomic E-state index is -4.19. The van der Waals surface area contributed by atoms with Crippen LogP contribution in [0.15, 0.2) is 24.3 Å². The highest BCUT2D eigenvalue weighted by atomic mass is 19.4. The molecule has 0 bridgehead atoms. The number of carbonyl (C=O) groups excluding carboxylic acids is 1. The van der Waals surface area contributed by atoms with Crippen LogP contribution in [0.2, 0.25) is 0 Å². The van der Waals surface area contributed by atoms with Gasteiger partial charge in [0.1, 0.15) is 0 Å². The van der Waals surface area contributed by atoms with Crippen LogP contribution >= 0.6 is 0 Å². The van der Waals surface area contributed by atoms with Crippen LogP contribution in [0.4, 0.5) is 23.7 Å². The summed E-state index contributed by atoms with van der Waals surface area (Å²) in [4.78, 5) is 12.8. The molecule has 4 nitrogen and oxygen atoms in total. The number of amides is 2. The van der Waals surface area contributed by atoms with E-state index in [2.05, 4.69) is 10.6 Å². The summed E-state index contributed by atoms with van der Waals surface area (Å²) in [5.41, 5.74) is 1.71. The Bertz CT molecular complexity index is 463. The molecule has 21 heavy (non-hydrogen) atoms. The van der Waals surface area contributed by atoms with Crippen molar-refractivity contribution in [1.29, 1.82) is 0 Å². The van der Waals surface area contributed by atoms with E-state index in [1.165, 1.54) is 11.9 Å². The number of hydrogen-bond acceptors (Lipinski definition) is 2. The third-order valence-electron chi connectivity index (χ3n) is 2.73. The molecule has 0 saturated carbocycles. The minimum absolute atomic E-state index is 0.268. The first-order valence-corrected chi connectivity index (χ1v) is 6.63. The van der Waals surface area contributed by atoms with Gasteiger partial charge in [-0.15, -0.1) is 0 Å². The quantitative estimate of drug-likeness (QED) is 0.794. The number of hydrogen-bond donors (Lipinski definition) is 2. The number of carbonyl (C=O) groups is 1. The van der Waals surface area contributed by atoms with Crippen molar-refractivity contribution in [2.24, 2.45) is 0 Å². The van der Waals surface area contributed by atoms with Crippen LogP contribution < -0.4 is 10.6 Å². The SMILES string of the molecule is Cc1cccc(NC(=O)NCCCN(C)CC(F)(F)F)c1. The molecule has 118 valence electrons. The van der Waals surface area contributed by atoms with Gasteiger partial charge in [0.15, 0.2) is 0 Å². The van der Waals surface area contributed by atoms with E-state index in [4.69, 9.17) is 0 Å². The second kappa shape index (κ2) is 7.87. The Kier molecular flexibility index (Phi) is 6.48. The van der Waals surface area contributed by atoms with Crippen LogP contribution in [-0.4, -0.2) is 43.8 Å². The smallest absolute Gasteiger partial charge is 0.338 e. The van der Waals surface area contributed by atoms with Gasteiger partial charge in [-0.25, -0.2) is 4.79 Å². The minimum Gasteiger partial charge on any atom is -0.338 e. The summed E-state index contributed by atoms with van der Waals surface area (Å²) in [6.45, 7) is 1.56. The fourth-order valence-corrected chi connectivity index (χ4v) is 1.83. The van der Waals surface area contributed by atoms with E-state index < -0.39 is 12.7 Å². The number of urea groups is 1. The summed E-state index contributed by atoms with van der Waals surface area (Å²) in [6, 6.07) is 6.98. The average molecular weight is 303 g/mol. The normalized spacial score (nSPS) is 11.5. The molecule has 1 aromatic rings. The Labute approximate surface area is 122 Å². The standard InChI is InChI=1S/C14H20F3N3O/c1-11-5-3-6-12(9-11)19-13(21)18-7-4-8-20(2)10-14(15,16)17/h3,5-6,9H,4,7-8,10H2,1-2H3,(H2,18,19,21). The lowest BCUT2D eigenvalue weighted by Crippen LogP contribution is -2.34. The molecule has 0 heterocycles. The monoisotopic (exact) mass is 303 g/mol. The molecule has 2 N–H and O–H groups in total. The van der Waals surface area contributed by atoms with Crippen LogP contribution in [0.3, 0.4) is 0 Å². The maximum absolute atomic E-state index is 12.1. The molecule has 0 aliphatic rings. The van der Waals surface area contributed by atoms with Gasteiger partial charge in [0.2, 0.25) is 0 Å². The molecule has 7 heteroatoms. The summed E-state index contributed by atoms with van der Waals surface area (Å²) in [5, 5.41) is 5.28. The van der Waals surface area contributed by atoms with Crippen molar-refractivity contribution in [3.8, 4) is 0 Å². The summed E-state index contributed by atoms with van der Waals surface area (Å²) in [7, 11) is 1.40. The number of nitrogens with zero attached hydrogens (tertiary/aromatic N) is 1. The molecular formula is C14H20F3N3O. The summed E-state index contributed by atoms with van der Waals surface area (Å²) >= 11 is 0. The Balaban J connectivity index is 2.19. The Morgan fingerprint density at radius 1 is 1.33 bits per heavy atom. The fraction of sp³-hybridized carbons (Fsp3) is 0.500. The van der Waals surface area contributed by atoms with E-state index in [1.807, 2.05) is 25.1 Å². The molecule has 0 aliphatic heterocycles. The van der Waals surface area contributed by atoms with E-state index in [-0.39, 0.29) is 12.6 Å². The van der Waals surface area contributed by atoms with E-state index in [0.29, 0.717) is 18.7 Å². The number of aryl methyl sites for hydroxylation is 1. The Morgan fingerprint density at radius 2 is 2.05 bits per heavy atom. The third-order valence-corrected chi connectivity index (χ3v) is 2.73. The lowest BCUT2D eigenvalue weighted by molar-refractivity contribution is -0.143. The molecule has 0 aliphatic carbocycles. The number of halogens is 3. The van der Waals surface area contributed by atoms with Crippen LogP contribution in [0.5, 0.6) is 0 Å². The molecule has 0 aromatic heterocycles. The highest BCUT2D eigenvalue weighted by Crippen LogP contribution is 2.15. The maximum atomic E-state index is 12.1. The van der Waals surface area contributed by atoms with Gasteiger partial charge in [-0.3, -0.25) is 4.90 Å². The Hall–Kier alpha value is -1.76. The van der Waals surface area contributed by atoms with Gasteiger partial charge in [-0.1, -0.05) is 12.1 Å². The second-order valence-electron chi connectivity index (χ2n) is 4.96. The van der Waals surface area contributed by atoms with Crippen molar-refractivity contribution in [3.05, 3.63) is 29.8 Å². The van der Waals surface area contributed by atoms with Gasteiger partial charge >= 0.3 is 12.2 Å². The van der Waals surface area contributed by atoms with Crippen molar-refractivity contribution in [3.63, 3.8) is 0 Å². The zero-order valence-electron chi connectivity index (χ0n) is 12.1. The van der Waals surface area contributed by atoms with Crippen molar-refractivity contribution >= 4 is 11.7 Å². The van der Waals surface area contributed by atoms with Gasteiger partial charge in [-0.2, -0.15) is 13.2 Å². The van der Waals surface area contributed by atoms with Gasteiger partial charge in [0, 0.05) is 12.2 Å². The largest absolute Gasteiger partial charge is 0.401 e. The number of anilines is 1. The lowest BCUT2D eigenvalue weighted by Gasteiger charge is -2.18. The maximum Gasteiger partial charge on any atom is 0.401 e. The van der Waals surface area contributed by atoms with Gasteiger partial charge in [0.05, 0.1) is 6.54 Å². The van der Waals surface area contributed by atoms with Crippen LogP contribution in [0, 0.1) is 6.92 Å². The van der Waals surface area contributed by atoms with Gasteiger partial charge in [-0.05, 0) is 44.6 Å². The number of alkyl halides is 3. The Morgan fingerprint density at radius 3 is 2.67 bits per heavy atom. The first kappa shape index (κ1) is 17.3. The van der Waals surface area contributed by atoms with Crippen LogP contribution in [0.25, 0.3) is 0 Å². The van der Waals surface area contributed by atoms with Gasteiger partial charge in [0.25, 0.3) is 0 Å². The molecule has 0 spiro atoms. The molecule has 0 fully saturated rings. The zero-order valence-corrected chi connectivity index (χ0v) is 12.1. The lowest BCUT2D eigenvalue weighted by atomic mass is 10.2. The second-order valence-corrected chi connectivity index (χ2v) is 4.96. The topological polar surface area (TPSA) is 44.4 Å². The van der Waals surface area contributed by atoms with Gasteiger partial charge < -0.3 is 10.6 Å².